The maximum absolute atomic E-state index is 12.4. The molecule has 6 heteroatoms. The lowest BCUT2D eigenvalue weighted by atomic mass is 10.1. The average molecular weight is 437 g/mol. The van der Waals surface area contributed by atoms with Gasteiger partial charge in [-0.25, -0.2) is 0 Å². The normalized spacial score (nSPS) is 18.2. The van der Waals surface area contributed by atoms with Crippen molar-refractivity contribution < 1.29 is 14.5 Å². The Morgan fingerprint density at radius 2 is 1.77 bits per heavy atom. The minimum absolute atomic E-state index is 0.0382. The molecule has 0 saturated carbocycles. The van der Waals surface area contributed by atoms with Crippen molar-refractivity contribution in [2.24, 2.45) is 0 Å². The van der Waals surface area contributed by atoms with Crippen LogP contribution in [0.3, 0.4) is 0 Å². The molecule has 2 aliphatic heterocycles. The lowest BCUT2D eigenvalue weighted by Crippen LogP contribution is -3.11. The summed E-state index contributed by atoms with van der Waals surface area (Å²) in [6.07, 6.45) is 8.27. The summed E-state index contributed by atoms with van der Waals surface area (Å²) in [5.74, 6) is -0.138. The first-order valence-electron chi connectivity index (χ1n) is 11.2. The number of para-hydroxylation sites is 1. The Balaban J connectivity index is 1.28. The van der Waals surface area contributed by atoms with Crippen molar-refractivity contribution in [3.8, 4) is 0 Å². The van der Waals surface area contributed by atoms with Crippen molar-refractivity contribution >= 4 is 35.3 Å². The van der Waals surface area contributed by atoms with Gasteiger partial charge >= 0.3 is 0 Å². The molecule has 0 bridgehead atoms. The predicted molar refractivity (Wildman–Crippen MR) is 126 cm³/mol. The summed E-state index contributed by atoms with van der Waals surface area (Å²) in [5, 5.41) is 5.96. The third-order valence-corrected chi connectivity index (χ3v) is 6.95. The van der Waals surface area contributed by atoms with Gasteiger partial charge in [-0.2, -0.15) is 0 Å². The van der Waals surface area contributed by atoms with Crippen molar-refractivity contribution in [2.75, 3.05) is 31.5 Å². The van der Waals surface area contributed by atoms with Crippen LogP contribution in [0.4, 0.5) is 5.69 Å². The predicted octanol–water partition coefficient (Wildman–Crippen LogP) is 3.35. The number of amides is 2. The van der Waals surface area contributed by atoms with Gasteiger partial charge in [0.2, 0.25) is 0 Å². The molecular weight excluding hydrogens is 406 g/mol. The zero-order valence-corrected chi connectivity index (χ0v) is 18.6. The van der Waals surface area contributed by atoms with Crippen molar-refractivity contribution in [3.63, 3.8) is 0 Å². The highest BCUT2D eigenvalue weighted by atomic mass is 32.2. The smallest absolute Gasteiger partial charge is 0.262 e. The van der Waals surface area contributed by atoms with Crippen molar-refractivity contribution in [1.29, 1.82) is 0 Å². The number of fused-ring (bicyclic) bond motifs is 1. The molecule has 0 spiro atoms. The van der Waals surface area contributed by atoms with E-state index in [0.29, 0.717) is 17.0 Å². The van der Waals surface area contributed by atoms with E-state index in [1.165, 1.54) is 50.5 Å². The van der Waals surface area contributed by atoms with Gasteiger partial charge in [0, 0.05) is 23.4 Å². The van der Waals surface area contributed by atoms with Gasteiger partial charge in [-0.1, -0.05) is 36.0 Å². The number of likely N-dealkylation sites (tertiary alicyclic amines) is 1. The van der Waals surface area contributed by atoms with Gasteiger partial charge in [0.15, 0.2) is 0 Å². The molecule has 2 heterocycles. The Morgan fingerprint density at radius 3 is 2.55 bits per heavy atom. The highest BCUT2D eigenvalue weighted by Gasteiger charge is 2.20. The van der Waals surface area contributed by atoms with Crippen LogP contribution in [0.5, 0.6) is 0 Å². The van der Waals surface area contributed by atoms with Crippen LogP contribution in [-0.2, 0) is 4.79 Å². The van der Waals surface area contributed by atoms with Gasteiger partial charge < -0.3 is 15.5 Å². The van der Waals surface area contributed by atoms with Crippen LogP contribution in [0.1, 0.15) is 48.0 Å². The van der Waals surface area contributed by atoms with Gasteiger partial charge in [-0.3, -0.25) is 9.59 Å². The van der Waals surface area contributed by atoms with Crippen LogP contribution in [0.15, 0.2) is 58.3 Å². The first-order valence-corrected chi connectivity index (χ1v) is 12.0. The van der Waals surface area contributed by atoms with Gasteiger partial charge in [-0.15, -0.1) is 0 Å². The SMILES string of the molecule is O=C1Nc2ccccc2SC1=Cc1ccc(C(=O)NCCC[NH+]2CCCCCC2)cc1. The zero-order chi connectivity index (χ0) is 21.5. The zero-order valence-electron chi connectivity index (χ0n) is 17.8. The summed E-state index contributed by atoms with van der Waals surface area (Å²) < 4.78 is 0. The molecule has 162 valence electrons. The number of hydrogen-bond acceptors (Lipinski definition) is 3. The van der Waals surface area contributed by atoms with Crippen LogP contribution in [-0.4, -0.2) is 38.0 Å². The highest BCUT2D eigenvalue weighted by Crippen LogP contribution is 2.38. The van der Waals surface area contributed by atoms with Crippen LogP contribution in [0.25, 0.3) is 6.08 Å². The molecule has 0 unspecified atom stereocenters. The first kappa shape index (κ1) is 21.7. The second kappa shape index (κ2) is 10.6. The molecule has 4 rings (SSSR count). The van der Waals surface area contributed by atoms with E-state index < -0.39 is 0 Å². The van der Waals surface area contributed by atoms with Gasteiger partial charge in [0.05, 0.1) is 30.2 Å². The van der Waals surface area contributed by atoms with Crippen LogP contribution >= 0.6 is 11.8 Å². The number of quaternary nitrogens is 1. The second-order valence-corrected chi connectivity index (χ2v) is 9.29. The molecule has 5 nitrogen and oxygen atoms in total. The van der Waals surface area contributed by atoms with Crippen molar-refractivity contribution in [3.05, 3.63) is 64.6 Å². The maximum atomic E-state index is 12.4. The Hall–Kier alpha value is -2.57. The summed E-state index contributed by atoms with van der Waals surface area (Å²) in [5.41, 5.74) is 2.40. The maximum Gasteiger partial charge on any atom is 0.262 e. The molecule has 0 aromatic heterocycles. The summed E-state index contributed by atoms with van der Waals surface area (Å²) >= 11 is 1.46. The lowest BCUT2D eigenvalue weighted by Gasteiger charge is -2.18. The summed E-state index contributed by atoms with van der Waals surface area (Å²) in [6.45, 7) is 4.39. The number of benzene rings is 2. The largest absolute Gasteiger partial charge is 0.352 e. The molecule has 31 heavy (non-hydrogen) atoms. The van der Waals surface area contributed by atoms with E-state index >= 15 is 0 Å². The first-order chi connectivity index (χ1) is 15.2. The van der Waals surface area contributed by atoms with Gasteiger partial charge in [0.25, 0.3) is 11.8 Å². The molecule has 2 aromatic carbocycles. The summed E-state index contributed by atoms with van der Waals surface area (Å²) in [7, 11) is 0. The van der Waals surface area contributed by atoms with E-state index in [1.54, 1.807) is 4.90 Å². The highest BCUT2D eigenvalue weighted by molar-refractivity contribution is 8.04. The number of rotatable bonds is 6. The summed E-state index contributed by atoms with van der Waals surface area (Å²) in [4.78, 5) is 28.1. The average Bonchev–Trinajstić information content (AvgIpc) is 3.06. The Kier molecular flexibility index (Phi) is 7.43. The molecular formula is C25H30N3O2S+. The fourth-order valence-electron chi connectivity index (χ4n) is 4.11. The minimum Gasteiger partial charge on any atom is -0.352 e. The van der Waals surface area contributed by atoms with Crippen LogP contribution in [0, 0.1) is 0 Å². The molecule has 2 amide bonds. The van der Waals surface area contributed by atoms with Crippen LogP contribution in [0.2, 0.25) is 0 Å². The van der Waals surface area contributed by atoms with E-state index in [-0.39, 0.29) is 11.8 Å². The molecule has 0 radical (unpaired) electrons. The number of carbonyl (C=O) groups excluding carboxylic acids is 2. The Labute approximate surface area is 188 Å². The number of anilines is 1. The fourth-order valence-corrected chi connectivity index (χ4v) is 5.06. The molecule has 3 N–H and O–H groups in total. The number of carbonyl (C=O) groups is 2. The monoisotopic (exact) mass is 436 g/mol. The van der Waals surface area contributed by atoms with E-state index in [1.807, 2.05) is 54.6 Å². The Bertz CT molecular complexity index is 947. The summed E-state index contributed by atoms with van der Waals surface area (Å²) in [6, 6.07) is 15.2. The van der Waals surface area contributed by atoms with E-state index in [4.69, 9.17) is 0 Å². The molecule has 0 aliphatic carbocycles. The quantitative estimate of drug-likeness (QED) is 0.481. The van der Waals surface area contributed by atoms with Gasteiger partial charge in [-0.05, 0) is 61.6 Å². The number of hydrogen-bond donors (Lipinski definition) is 3. The molecule has 1 saturated heterocycles. The topological polar surface area (TPSA) is 62.6 Å². The molecule has 2 aliphatic rings. The second-order valence-electron chi connectivity index (χ2n) is 8.21. The fraction of sp³-hybridized carbons (Fsp3) is 0.360. The van der Waals surface area contributed by atoms with Crippen molar-refractivity contribution in [1.82, 2.24) is 5.32 Å². The number of nitrogens with one attached hydrogen (secondary N) is 3. The Morgan fingerprint density at radius 1 is 1.03 bits per heavy atom. The minimum atomic E-state index is -0.0999. The molecule has 2 aromatic rings. The third-order valence-electron chi connectivity index (χ3n) is 5.85. The van der Waals surface area contributed by atoms with Gasteiger partial charge in [0.1, 0.15) is 0 Å². The van der Waals surface area contributed by atoms with Crippen molar-refractivity contribution in [2.45, 2.75) is 37.0 Å². The van der Waals surface area contributed by atoms with E-state index in [0.717, 1.165) is 29.1 Å². The molecule has 1 fully saturated rings. The van der Waals surface area contributed by atoms with E-state index in [9.17, 15) is 9.59 Å². The molecule has 0 atom stereocenters. The lowest BCUT2D eigenvalue weighted by molar-refractivity contribution is -0.899. The van der Waals surface area contributed by atoms with Crippen LogP contribution < -0.4 is 15.5 Å². The third kappa shape index (κ3) is 5.99. The van der Waals surface area contributed by atoms with E-state index in [2.05, 4.69) is 10.6 Å². The standard InChI is InChI=1S/C25H29N3O2S/c29-24(26-14-7-17-28-15-5-1-2-6-16-28)20-12-10-19(11-13-20)18-23-25(30)27-21-8-3-4-9-22(21)31-23/h3-4,8-13,18H,1-2,5-7,14-17H2,(H,26,29)(H,27,30)/p+1. The number of thioether (sulfide) groups is 1.